The van der Waals surface area contributed by atoms with Crippen molar-refractivity contribution >= 4 is 0 Å². The summed E-state index contributed by atoms with van der Waals surface area (Å²) in [6, 6.07) is 17.3. The Balaban J connectivity index is 1.75. The summed E-state index contributed by atoms with van der Waals surface area (Å²) in [6.07, 6.45) is 0. The van der Waals surface area contributed by atoms with Crippen LogP contribution in [0.15, 0.2) is 48.5 Å². The second-order valence-corrected chi connectivity index (χ2v) is 6.26. The van der Waals surface area contributed by atoms with E-state index in [0.717, 1.165) is 26.3 Å². The van der Waals surface area contributed by atoms with E-state index in [-0.39, 0.29) is 0 Å². The van der Waals surface area contributed by atoms with Gasteiger partial charge in [0.1, 0.15) is 0 Å². The summed E-state index contributed by atoms with van der Waals surface area (Å²) >= 11 is 0. The van der Waals surface area contributed by atoms with Gasteiger partial charge in [-0.1, -0.05) is 56.3 Å². The molecule has 0 amide bonds. The van der Waals surface area contributed by atoms with Crippen LogP contribution in [0.4, 0.5) is 0 Å². The summed E-state index contributed by atoms with van der Waals surface area (Å²) in [7, 11) is 0. The molecule has 1 saturated heterocycles. The highest BCUT2D eigenvalue weighted by molar-refractivity contribution is 5.68. The average molecular weight is 311 g/mol. The molecule has 23 heavy (non-hydrogen) atoms. The summed E-state index contributed by atoms with van der Waals surface area (Å²) in [4.78, 5) is 5.89. The van der Waals surface area contributed by atoms with Gasteiger partial charge < -0.3 is 4.74 Å². The van der Waals surface area contributed by atoms with E-state index in [2.05, 4.69) is 62.4 Å². The largest absolute Gasteiger partial charge is 0.379 e. The van der Waals surface area contributed by atoms with Gasteiger partial charge in [-0.05, 0) is 34.2 Å². The zero-order valence-corrected chi connectivity index (χ0v) is 14.0. The molecule has 3 rings (SSSR count). The monoisotopic (exact) mass is 311 g/mol. The Hall–Kier alpha value is -1.68. The molecule has 0 bridgehead atoms. The third-order valence-corrected chi connectivity index (χ3v) is 4.20. The molecule has 1 fully saturated rings. The van der Waals surface area contributed by atoms with E-state index in [1.165, 1.54) is 22.3 Å². The van der Waals surface area contributed by atoms with Gasteiger partial charge in [0, 0.05) is 13.1 Å². The highest BCUT2D eigenvalue weighted by Crippen LogP contribution is 2.29. The van der Waals surface area contributed by atoms with Gasteiger partial charge in [-0.25, -0.2) is 0 Å². The highest BCUT2D eigenvalue weighted by atomic mass is 16.7. The highest BCUT2D eigenvalue weighted by Gasteiger charge is 2.12. The lowest BCUT2D eigenvalue weighted by atomic mass is 9.92. The van der Waals surface area contributed by atoms with Crippen LogP contribution in [0.1, 0.15) is 30.9 Å². The predicted octanol–water partition coefficient (Wildman–Crippen LogP) is 4.24. The van der Waals surface area contributed by atoms with Crippen molar-refractivity contribution in [3.05, 3.63) is 59.7 Å². The molecule has 0 N–H and O–H groups in total. The second-order valence-electron chi connectivity index (χ2n) is 6.26. The van der Waals surface area contributed by atoms with E-state index in [4.69, 9.17) is 9.57 Å². The standard InChI is InChI=1S/C20H25NO2/c1-16(2)19-8-3-4-9-20(19)18-7-5-6-17(14-18)15-23-21-10-12-22-13-11-21/h3-9,14,16H,10-13,15H2,1-2H3. The molecule has 122 valence electrons. The lowest BCUT2D eigenvalue weighted by Crippen LogP contribution is -2.36. The summed E-state index contributed by atoms with van der Waals surface area (Å²) in [5, 5.41) is 2.00. The Morgan fingerprint density at radius 3 is 2.61 bits per heavy atom. The number of rotatable bonds is 5. The van der Waals surface area contributed by atoms with Crippen LogP contribution < -0.4 is 0 Å². The zero-order valence-electron chi connectivity index (χ0n) is 14.0. The van der Waals surface area contributed by atoms with Crippen molar-refractivity contribution in [3.8, 4) is 11.1 Å². The molecule has 3 heteroatoms. The van der Waals surface area contributed by atoms with Gasteiger partial charge in [-0.3, -0.25) is 4.84 Å². The molecule has 0 radical (unpaired) electrons. The Morgan fingerprint density at radius 2 is 1.83 bits per heavy atom. The first kappa shape index (κ1) is 16.2. The van der Waals surface area contributed by atoms with Gasteiger partial charge in [0.25, 0.3) is 0 Å². The fourth-order valence-corrected chi connectivity index (χ4v) is 2.93. The van der Waals surface area contributed by atoms with Crippen molar-refractivity contribution in [1.82, 2.24) is 5.06 Å². The number of hydroxylamine groups is 2. The molecule has 1 aliphatic rings. The van der Waals surface area contributed by atoms with Crippen LogP contribution in [-0.4, -0.2) is 31.4 Å². The number of morpholine rings is 1. The molecule has 1 aliphatic heterocycles. The molecule has 2 aromatic rings. The molecule has 0 aromatic heterocycles. The van der Waals surface area contributed by atoms with Gasteiger partial charge in [-0.15, -0.1) is 0 Å². The summed E-state index contributed by atoms with van der Waals surface area (Å²) < 4.78 is 5.34. The number of nitrogens with zero attached hydrogens (tertiary/aromatic N) is 1. The molecule has 0 aliphatic carbocycles. The maximum absolute atomic E-state index is 5.89. The third kappa shape index (κ3) is 4.20. The summed E-state index contributed by atoms with van der Waals surface area (Å²) in [5.74, 6) is 0.513. The molecule has 3 nitrogen and oxygen atoms in total. The number of hydrogen-bond acceptors (Lipinski definition) is 3. The first-order valence-corrected chi connectivity index (χ1v) is 8.38. The van der Waals surface area contributed by atoms with Crippen LogP contribution in [0.2, 0.25) is 0 Å². The molecular weight excluding hydrogens is 286 g/mol. The number of hydrogen-bond donors (Lipinski definition) is 0. The third-order valence-electron chi connectivity index (χ3n) is 4.20. The number of benzene rings is 2. The molecular formula is C20H25NO2. The van der Waals surface area contributed by atoms with Crippen LogP contribution >= 0.6 is 0 Å². The first-order valence-electron chi connectivity index (χ1n) is 8.38. The molecule has 0 unspecified atom stereocenters. The lowest BCUT2D eigenvalue weighted by Gasteiger charge is -2.25. The maximum atomic E-state index is 5.89. The van der Waals surface area contributed by atoms with Crippen molar-refractivity contribution in [3.63, 3.8) is 0 Å². The summed E-state index contributed by atoms with van der Waals surface area (Å²) in [6.45, 7) is 8.28. The minimum absolute atomic E-state index is 0.513. The topological polar surface area (TPSA) is 21.7 Å². The van der Waals surface area contributed by atoms with Crippen LogP contribution in [0.25, 0.3) is 11.1 Å². The Labute approximate surface area is 138 Å². The van der Waals surface area contributed by atoms with Crippen LogP contribution in [0.3, 0.4) is 0 Å². The minimum atomic E-state index is 0.513. The Kier molecular flexibility index (Phi) is 5.44. The quantitative estimate of drug-likeness (QED) is 0.824. The van der Waals surface area contributed by atoms with Gasteiger partial charge in [0.15, 0.2) is 0 Å². The van der Waals surface area contributed by atoms with E-state index >= 15 is 0 Å². The van der Waals surface area contributed by atoms with Crippen molar-refractivity contribution < 1.29 is 9.57 Å². The first-order chi connectivity index (χ1) is 11.2. The van der Waals surface area contributed by atoms with E-state index in [1.807, 2.05) is 5.06 Å². The molecule has 1 heterocycles. The van der Waals surface area contributed by atoms with Gasteiger partial charge in [0.05, 0.1) is 19.8 Å². The second kappa shape index (κ2) is 7.73. The molecule has 0 saturated carbocycles. The van der Waals surface area contributed by atoms with Crippen LogP contribution in [0, 0.1) is 0 Å². The molecule has 0 spiro atoms. The maximum Gasteiger partial charge on any atom is 0.0936 e. The Morgan fingerprint density at radius 1 is 1.04 bits per heavy atom. The fraction of sp³-hybridized carbons (Fsp3) is 0.400. The van der Waals surface area contributed by atoms with Crippen molar-refractivity contribution in [2.45, 2.75) is 26.4 Å². The minimum Gasteiger partial charge on any atom is -0.379 e. The number of ether oxygens (including phenoxy) is 1. The SMILES string of the molecule is CC(C)c1ccccc1-c1cccc(CON2CCOCC2)c1. The normalized spacial score (nSPS) is 16.0. The van der Waals surface area contributed by atoms with Crippen LogP contribution in [-0.2, 0) is 16.2 Å². The zero-order chi connectivity index (χ0) is 16.1. The van der Waals surface area contributed by atoms with Gasteiger partial charge in [-0.2, -0.15) is 5.06 Å². The van der Waals surface area contributed by atoms with Crippen molar-refractivity contribution in [2.24, 2.45) is 0 Å². The van der Waals surface area contributed by atoms with Gasteiger partial charge in [0.2, 0.25) is 0 Å². The van der Waals surface area contributed by atoms with Gasteiger partial charge >= 0.3 is 0 Å². The van der Waals surface area contributed by atoms with Crippen molar-refractivity contribution in [2.75, 3.05) is 26.3 Å². The molecule has 2 aromatic carbocycles. The van der Waals surface area contributed by atoms with Crippen molar-refractivity contribution in [1.29, 1.82) is 0 Å². The average Bonchev–Trinajstić information content (AvgIpc) is 2.61. The van der Waals surface area contributed by atoms with Crippen LogP contribution in [0.5, 0.6) is 0 Å². The van der Waals surface area contributed by atoms with E-state index < -0.39 is 0 Å². The lowest BCUT2D eigenvalue weighted by molar-refractivity contribution is -0.202. The smallest absolute Gasteiger partial charge is 0.0936 e. The molecule has 0 atom stereocenters. The van der Waals surface area contributed by atoms with E-state index in [9.17, 15) is 0 Å². The predicted molar refractivity (Wildman–Crippen MR) is 93.1 cm³/mol. The van der Waals surface area contributed by atoms with E-state index in [0.29, 0.717) is 12.5 Å². The fourth-order valence-electron chi connectivity index (χ4n) is 2.93. The van der Waals surface area contributed by atoms with E-state index in [1.54, 1.807) is 0 Å². The summed E-state index contributed by atoms with van der Waals surface area (Å²) in [5.41, 5.74) is 5.17. The Bertz CT molecular complexity index is 633.